The molecule has 0 saturated carbocycles. The van der Waals surface area contributed by atoms with Crippen molar-refractivity contribution in [2.45, 2.75) is 18.7 Å². The van der Waals surface area contributed by atoms with Crippen LogP contribution in [0.2, 0.25) is 0 Å². The summed E-state index contributed by atoms with van der Waals surface area (Å²) in [6, 6.07) is 8.50. The average molecular weight is 211 g/mol. The Hall–Kier alpha value is -1.15. The van der Waals surface area contributed by atoms with E-state index in [1.165, 1.54) is 0 Å². The molecular weight excluding hydrogens is 200 g/mol. The van der Waals surface area contributed by atoms with Gasteiger partial charge in [0.15, 0.2) is 0 Å². The molecule has 2 nitrogen and oxygen atoms in total. The average Bonchev–Trinajstić information content (AvgIpc) is 2.17. The number of Topliss-reactive ketones (excluding diaryl/α,β-unsaturated/α-hetero) is 2. The fraction of sp³-hybridized carbons (Fsp3) is 0.273. The van der Waals surface area contributed by atoms with Gasteiger partial charge in [-0.2, -0.15) is 0 Å². The van der Waals surface area contributed by atoms with E-state index in [0.717, 1.165) is 0 Å². The van der Waals surface area contributed by atoms with Gasteiger partial charge in [-0.3, -0.25) is 9.59 Å². The van der Waals surface area contributed by atoms with Gasteiger partial charge in [0.25, 0.3) is 0 Å². The Morgan fingerprint density at radius 2 is 1.86 bits per heavy atom. The number of ketones is 2. The first-order valence-corrected chi connectivity index (χ1v) is 4.81. The van der Waals surface area contributed by atoms with E-state index in [-0.39, 0.29) is 11.8 Å². The van der Waals surface area contributed by atoms with E-state index in [2.05, 4.69) is 0 Å². The van der Waals surface area contributed by atoms with Crippen LogP contribution in [0.4, 0.5) is 0 Å². The van der Waals surface area contributed by atoms with Crippen molar-refractivity contribution in [3.8, 4) is 0 Å². The van der Waals surface area contributed by atoms with E-state index in [1.54, 1.807) is 37.3 Å². The number of benzene rings is 1. The first-order valence-electron chi connectivity index (χ1n) is 4.38. The van der Waals surface area contributed by atoms with Gasteiger partial charge in [0, 0.05) is 17.4 Å². The number of carbonyl (C=O) groups excluding carboxylic acids is 2. The fourth-order valence-electron chi connectivity index (χ4n) is 1.10. The van der Waals surface area contributed by atoms with Gasteiger partial charge in [-0.05, 0) is 6.92 Å². The molecular formula is C11H11ClO2. The molecule has 0 aliphatic carbocycles. The number of alkyl halides is 1. The standard InChI is InChI=1S/C11H11ClO2/c1-8(12)7-10(13)11(14)9-5-3-2-4-6-9/h2-6,8H,7H2,1H3. The van der Waals surface area contributed by atoms with Gasteiger partial charge in [0.2, 0.25) is 11.6 Å². The minimum atomic E-state index is -0.460. The quantitative estimate of drug-likeness (QED) is 0.435. The molecule has 1 aromatic carbocycles. The number of carbonyl (C=O) groups is 2. The lowest BCUT2D eigenvalue weighted by Crippen LogP contribution is -2.16. The number of rotatable bonds is 4. The molecule has 0 spiro atoms. The van der Waals surface area contributed by atoms with Crippen LogP contribution in [-0.2, 0) is 4.79 Å². The number of hydrogen-bond donors (Lipinski definition) is 0. The highest BCUT2D eigenvalue weighted by Crippen LogP contribution is 2.06. The van der Waals surface area contributed by atoms with Crippen molar-refractivity contribution < 1.29 is 9.59 Å². The van der Waals surface area contributed by atoms with E-state index in [9.17, 15) is 9.59 Å². The first-order chi connectivity index (χ1) is 6.61. The van der Waals surface area contributed by atoms with Gasteiger partial charge < -0.3 is 0 Å². The highest BCUT2D eigenvalue weighted by atomic mass is 35.5. The van der Waals surface area contributed by atoms with Gasteiger partial charge in [-0.1, -0.05) is 30.3 Å². The summed E-state index contributed by atoms with van der Waals surface area (Å²) in [7, 11) is 0. The number of halogens is 1. The summed E-state index contributed by atoms with van der Waals surface area (Å²) in [6.07, 6.45) is 0.0925. The molecule has 0 saturated heterocycles. The minimum Gasteiger partial charge on any atom is -0.290 e. The summed E-state index contributed by atoms with van der Waals surface area (Å²) in [5, 5.41) is -0.296. The zero-order valence-corrected chi connectivity index (χ0v) is 8.62. The summed E-state index contributed by atoms with van der Waals surface area (Å²) in [5.74, 6) is -0.892. The Morgan fingerprint density at radius 1 is 1.29 bits per heavy atom. The molecule has 1 rings (SSSR count). The predicted octanol–water partition coefficient (Wildman–Crippen LogP) is 2.46. The summed E-state index contributed by atoms with van der Waals surface area (Å²) in [4.78, 5) is 22.8. The topological polar surface area (TPSA) is 34.1 Å². The Bertz CT molecular complexity index is 330. The van der Waals surface area contributed by atoms with Crippen LogP contribution >= 0.6 is 11.6 Å². The van der Waals surface area contributed by atoms with Gasteiger partial charge in [0.05, 0.1) is 0 Å². The molecule has 0 radical (unpaired) electrons. The van der Waals surface area contributed by atoms with Crippen LogP contribution in [-0.4, -0.2) is 16.9 Å². The van der Waals surface area contributed by atoms with Crippen LogP contribution < -0.4 is 0 Å². The van der Waals surface area contributed by atoms with Gasteiger partial charge >= 0.3 is 0 Å². The monoisotopic (exact) mass is 210 g/mol. The third-order valence-corrected chi connectivity index (χ3v) is 1.91. The molecule has 74 valence electrons. The zero-order valence-electron chi connectivity index (χ0n) is 7.87. The van der Waals surface area contributed by atoms with Crippen molar-refractivity contribution in [3.63, 3.8) is 0 Å². The third-order valence-electron chi connectivity index (χ3n) is 1.76. The maximum atomic E-state index is 11.5. The van der Waals surface area contributed by atoms with Gasteiger partial charge in [-0.15, -0.1) is 11.6 Å². The predicted molar refractivity (Wildman–Crippen MR) is 55.7 cm³/mol. The van der Waals surface area contributed by atoms with Crippen molar-refractivity contribution >= 4 is 23.2 Å². The van der Waals surface area contributed by atoms with Crippen LogP contribution in [0.5, 0.6) is 0 Å². The normalized spacial score (nSPS) is 12.1. The summed E-state index contributed by atoms with van der Waals surface area (Å²) < 4.78 is 0. The molecule has 0 aliphatic rings. The first kappa shape index (κ1) is 10.9. The SMILES string of the molecule is CC(Cl)CC(=O)C(=O)c1ccccc1. The third kappa shape index (κ3) is 2.96. The summed E-state index contributed by atoms with van der Waals surface area (Å²) in [5.41, 5.74) is 0.426. The molecule has 0 heterocycles. The molecule has 0 bridgehead atoms. The molecule has 0 aromatic heterocycles. The molecule has 0 fully saturated rings. The van der Waals surface area contributed by atoms with Crippen LogP contribution in [0.25, 0.3) is 0 Å². The Kier molecular flexibility index (Phi) is 3.84. The Morgan fingerprint density at radius 3 is 2.36 bits per heavy atom. The summed E-state index contributed by atoms with van der Waals surface area (Å²) in [6.45, 7) is 1.69. The van der Waals surface area contributed by atoms with E-state index < -0.39 is 11.6 Å². The van der Waals surface area contributed by atoms with E-state index in [4.69, 9.17) is 11.6 Å². The second-order valence-corrected chi connectivity index (χ2v) is 3.85. The lowest BCUT2D eigenvalue weighted by atomic mass is 10.0. The van der Waals surface area contributed by atoms with Crippen LogP contribution in [0.1, 0.15) is 23.7 Å². The molecule has 14 heavy (non-hydrogen) atoms. The molecule has 0 aliphatic heterocycles. The molecule has 1 aromatic rings. The van der Waals surface area contributed by atoms with E-state index in [0.29, 0.717) is 5.56 Å². The smallest absolute Gasteiger partial charge is 0.228 e. The van der Waals surface area contributed by atoms with Gasteiger partial charge in [0.1, 0.15) is 0 Å². The second kappa shape index (κ2) is 4.91. The molecule has 0 amide bonds. The lowest BCUT2D eigenvalue weighted by Gasteiger charge is -2.01. The highest BCUT2D eigenvalue weighted by molar-refractivity contribution is 6.44. The van der Waals surface area contributed by atoms with Crippen molar-refractivity contribution in [1.29, 1.82) is 0 Å². The Balaban J connectivity index is 2.72. The molecule has 3 heteroatoms. The molecule has 0 N–H and O–H groups in total. The number of hydrogen-bond acceptors (Lipinski definition) is 2. The minimum absolute atomic E-state index is 0.0925. The van der Waals surface area contributed by atoms with Crippen LogP contribution in [0.3, 0.4) is 0 Å². The van der Waals surface area contributed by atoms with Crippen molar-refractivity contribution in [2.75, 3.05) is 0 Å². The van der Waals surface area contributed by atoms with E-state index >= 15 is 0 Å². The fourth-order valence-corrected chi connectivity index (χ4v) is 1.24. The maximum Gasteiger partial charge on any atom is 0.228 e. The van der Waals surface area contributed by atoms with E-state index in [1.807, 2.05) is 0 Å². The highest BCUT2D eigenvalue weighted by Gasteiger charge is 2.17. The maximum absolute atomic E-state index is 11.5. The van der Waals surface area contributed by atoms with Crippen molar-refractivity contribution in [3.05, 3.63) is 35.9 Å². The van der Waals surface area contributed by atoms with Crippen molar-refractivity contribution in [1.82, 2.24) is 0 Å². The Labute approximate surface area is 87.9 Å². The van der Waals surface area contributed by atoms with Crippen LogP contribution in [0, 0.1) is 0 Å². The van der Waals surface area contributed by atoms with Gasteiger partial charge in [-0.25, -0.2) is 0 Å². The van der Waals surface area contributed by atoms with Crippen molar-refractivity contribution in [2.24, 2.45) is 0 Å². The largest absolute Gasteiger partial charge is 0.290 e. The molecule has 1 unspecified atom stereocenters. The van der Waals surface area contributed by atoms with Crippen LogP contribution in [0.15, 0.2) is 30.3 Å². The zero-order chi connectivity index (χ0) is 10.6. The second-order valence-electron chi connectivity index (χ2n) is 3.10. The lowest BCUT2D eigenvalue weighted by molar-refractivity contribution is -0.115. The molecule has 1 atom stereocenters. The summed E-state index contributed by atoms with van der Waals surface area (Å²) >= 11 is 5.63.